The molecule has 0 saturated heterocycles. The van der Waals surface area contributed by atoms with Gasteiger partial charge in [-0.05, 0) is 12.1 Å². The summed E-state index contributed by atoms with van der Waals surface area (Å²) in [7, 11) is 0. The van der Waals surface area contributed by atoms with Gasteiger partial charge in [-0.2, -0.15) is 18.4 Å². The zero-order valence-corrected chi connectivity index (χ0v) is 13.8. The van der Waals surface area contributed by atoms with Crippen LogP contribution in [0.1, 0.15) is 23.2 Å². The zero-order chi connectivity index (χ0) is 20.1. The highest BCUT2D eigenvalue weighted by molar-refractivity contribution is 6.33. The minimum absolute atomic E-state index is 0.443. The maximum atomic E-state index is 14.2. The predicted octanol–water partition coefficient (Wildman–Crippen LogP) is 5.54. The van der Waals surface area contributed by atoms with Crippen LogP contribution >= 0.6 is 11.6 Å². The summed E-state index contributed by atoms with van der Waals surface area (Å²) < 4.78 is 94.4. The molecule has 0 aliphatic carbocycles. The molecule has 2 heterocycles. The Bertz CT molecular complexity index is 966. The van der Waals surface area contributed by atoms with Gasteiger partial charge in [-0.25, -0.2) is 22.5 Å². The molecule has 1 aromatic carbocycles. The number of nitrogens with zero attached hydrogens (tertiary/aromatic N) is 3. The molecule has 3 rings (SSSR count). The van der Waals surface area contributed by atoms with Crippen LogP contribution in [0.15, 0.2) is 18.3 Å². The van der Waals surface area contributed by atoms with Crippen LogP contribution in [0.2, 0.25) is 5.02 Å². The van der Waals surface area contributed by atoms with Gasteiger partial charge in [0.05, 0.1) is 23.1 Å². The number of pyridine rings is 1. The summed E-state index contributed by atoms with van der Waals surface area (Å²) in [5.41, 5.74) is -4.11. The molecule has 1 aliphatic heterocycles. The Morgan fingerprint density at radius 1 is 1.22 bits per heavy atom. The van der Waals surface area contributed by atoms with E-state index in [-0.39, 0.29) is 0 Å². The summed E-state index contributed by atoms with van der Waals surface area (Å²) in [5, 5.41) is 8.17. The lowest BCUT2D eigenvalue weighted by molar-refractivity contribution is -0.143. The van der Waals surface area contributed by atoms with E-state index in [0.717, 1.165) is 4.90 Å². The van der Waals surface area contributed by atoms with Crippen LogP contribution in [-0.2, 0) is 12.1 Å². The number of anilines is 2. The highest BCUT2D eigenvalue weighted by Crippen LogP contribution is 2.48. The molecule has 0 radical (unpaired) electrons. The summed E-state index contributed by atoms with van der Waals surface area (Å²) >= 11 is 5.70. The molecule has 2 aromatic rings. The fourth-order valence-corrected chi connectivity index (χ4v) is 3.08. The number of rotatable bonds is 1. The molecule has 27 heavy (non-hydrogen) atoms. The Labute approximate surface area is 152 Å². The van der Waals surface area contributed by atoms with Gasteiger partial charge in [0.2, 0.25) is 0 Å². The zero-order valence-electron chi connectivity index (χ0n) is 13.0. The minimum atomic E-state index is -5.11. The van der Waals surface area contributed by atoms with Gasteiger partial charge in [0, 0.05) is 18.5 Å². The van der Waals surface area contributed by atoms with Gasteiger partial charge in [0.15, 0.2) is 11.5 Å². The average molecular weight is 410 g/mol. The molecule has 0 bridgehead atoms. The maximum absolute atomic E-state index is 14.2. The second-order valence-corrected chi connectivity index (χ2v) is 6.06. The lowest BCUT2D eigenvalue weighted by atomic mass is 9.94. The number of halogens is 8. The number of benzene rings is 1. The van der Waals surface area contributed by atoms with Crippen LogP contribution in [0.3, 0.4) is 0 Å². The van der Waals surface area contributed by atoms with Gasteiger partial charge in [0.1, 0.15) is 16.9 Å². The van der Waals surface area contributed by atoms with E-state index < -0.39 is 69.9 Å². The molecule has 0 N–H and O–H groups in total. The van der Waals surface area contributed by atoms with E-state index in [0.29, 0.717) is 18.3 Å². The Morgan fingerprint density at radius 3 is 2.48 bits per heavy atom. The molecule has 142 valence electrons. The van der Waals surface area contributed by atoms with Crippen LogP contribution < -0.4 is 4.90 Å². The molecule has 0 atom stereocenters. The van der Waals surface area contributed by atoms with Crippen LogP contribution in [0.25, 0.3) is 0 Å². The number of hydrogen-bond donors (Lipinski definition) is 0. The van der Waals surface area contributed by atoms with Crippen LogP contribution in [0.4, 0.5) is 42.1 Å². The Morgan fingerprint density at radius 2 is 1.89 bits per heavy atom. The SMILES string of the molecule is N#Cc1cc(F)cc2c1N(c1cnc(C(F)(F)F)c(F)c1Cl)CCC2(F)F. The summed E-state index contributed by atoms with van der Waals surface area (Å²) in [4.78, 5) is 3.93. The van der Waals surface area contributed by atoms with Crippen molar-refractivity contribution >= 4 is 23.0 Å². The molecule has 0 spiro atoms. The monoisotopic (exact) mass is 409 g/mol. The molecule has 0 fully saturated rings. The predicted molar refractivity (Wildman–Crippen MR) is 80.8 cm³/mol. The third-order valence-electron chi connectivity index (χ3n) is 4.01. The first-order valence-electron chi connectivity index (χ1n) is 7.28. The van der Waals surface area contributed by atoms with Crippen molar-refractivity contribution < 1.29 is 30.7 Å². The van der Waals surface area contributed by atoms with Gasteiger partial charge < -0.3 is 4.90 Å². The van der Waals surface area contributed by atoms with Gasteiger partial charge >= 0.3 is 6.18 Å². The minimum Gasteiger partial charge on any atom is -0.337 e. The van der Waals surface area contributed by atoms with Crippen LogP contribution in [0, 0.1) is 23.0 Å². The smallest absolute Gasteiger partial charge is 0.337 e. The Balaban J connectivity index is 2.25. The van der Waals surface area contributed by atoms with Crippen molar-refractivity contribution in [2.75, 3.05) is 11.4 Å². The Kier molecular flexibility index (Phi) is 4.46. The number of alkyl halides is 5. The molecule has 11 heteroatoms. The van der Waals surface area contributed by atoms with Gasteiger partial charge in [-0.1, -0.05) is 11.6 Å². The van der Waals surface area contributed by atoms with Crippen molar-refractivity contribution in [3.8, 4) is 6.07 Å². The number of aromatic nitrogens is 1. The van der Waals surface area contributed by atoms with Crippen LogP contribution in [-0.4, -0.2) is 11.5 Å². The largest absolute Gasteiger partial charge is 0.436 e. The van der Waals surface area contributed by atoms with E-state index in [1.54, 1.807) is 6.07 Å². The van der Waals surface area contributed by atoms with Crippen molar-refractivity contribution in [1.82, 2.24) is 4.98 Å². The molecule has 1 aromatic heterocycles. The second kappa shape index (κ2) is 6.27. The maximum Gasteiger partial charge on any atom is 0.436 e. The number of fused-ring (bicyclic) bond motifs is 1. The van der Waals surface area contributed by atoms with Crippen LogP contribution in [0.5, 0.6) is 0 Å². The lowest BCUT2D eigenvalue weighted by Gasteiger charge is -2.36. The average Bonchev–Trinajstić information content (AvgIpc) is 2.56. The van der Waals surface area contributed by atoms with E-state index in [2.05, 4.69) is 4.98 Å². The summed E-state index contributed by atoms with van der Waals surface area (Å²) in [6.45, 7) is -0.507. The molecule has 3 nitrogen and oxygen atoms in total. The molecule has 0 saturated carbocycles. The highest BCUT2D eigenvalue weighted by Gasteiger charge is 2.43. The quantitative estimate of drug-likeness (QED) is 0.581. The first kappa shape index (κ1) is 19.2. The summed E-state index contributed by atoms with van der Waals surface area (Å²) in [6, 6.07) is 2.76. The normalized spacial score (nSPS) is 16.0. The van der Waals surface area contributed by atoms with E-state index in [4.69, 9.17) is 16.9 Å². The van der Waals surface area contributed by atoms with Gasteiger partial charge in [-0.3, -0.25) is 0 Å². The van der Waals surface area contributed by atoms with Crippen molar-refractivity contribution in [2.24, 2.45) is 0 Å². The molecule has 0 unspecified atom stereocenters. The first-order valence-corrected chi connectivity index (χ1v) is 7.66. The lowest BCUT2D eigenvalue weighted by Crippen LogP contribution is -2.34. The molecular formula is C16H7ClF7N3. The summed E-state index contributed by atoms with van der Waals surface area (Å²) in [5.74, 6) is -6.46. The second-order valence-electron chi connectivity index (χ2n) is 5.69. The van der Waals surface area contributed by atoms with Crippen molar-refractivity contribution in [3.63, 3.8) is 0 Å². The van der Waals surface area contributed by atoms with Crippen molar-refractivity contribution in [1.29, 1.82) is 5.26 Å². The first-order chi connectivity index (χ1) is 12.5. The van der Waals surface area contributed by atoms with Gasteiger partial charge in [-0.15, -0.1) is 0 Å². The molecular weight excluding hydrogens is 403 g/mol. The van der Waals surface area contributed by atoms with E-state index in [1.807, 2.05) is 0 Å². The third kappa shape index (κ3) is 3.16. The third-order valence-corrected chi connectivity index (χ3v) is 4.37. The Hall–Kier alpha value is -2.54. The fraction of sp³-hybridized carbons (Fsp3) is 0.250. The van der Waals surface area contributed by atoms with E-state index in [1.165, 1.54) is 0 Å². The molecule has 1 aliphatic rings. The van der Waals surface area contributed by atoms with Gasteiger partial charge in [0.25, 0.3) is 5.92 Å². The number of nitriles is 1. The highest BCUT2D eigenvalue weighted by atomic mass is 35.5. The molecule has 0 amide bonds. The van der Waals surface area contributed by atoms with Crippen molar-refractivity contribution in [2.45, 2.75) is 18.5 Å². The summed E-state index contributed by atoms with van der Waals surface area (Å²) in [6.07, 6.45) is -5.39. The number of hydrogen-bond acceptors (Lipinski definition) is 3. The topological polar surface area (TPSA) is 39.9 Å². The fourth-order valence-electron chi connectivity index (χ4n) is 2.83. The standard InChI is InChI=1S/C16H7ClF7N3/c17-11-10(6-26-14(12(11)19)16(22,23)24)27-2-1-15(20,21)9-4-8(18)3-7(5-25)13(9)27/h3-4,6H,1-2H2. The van der Waals surface area contributed by atoms with E-state index >= 15 is 0 Å². The van der Waals surface area contributed by atoms with Crippen molar-refractivity contribution in [3.05, 3.63) is 51.8 Å². The van der Waals surface area contributed by atoms with E-state index in [9.17, 15) is 30.7 Å².